The third-order valence-corrected chi connectivity index (χ3v) is 2.72. The van der Waals surface area contributed by atoms with Crippen LogP contribution in [-0.4, -0.2) is 21.7 Å². The summed E-state index contributed by atoms with van der Waals surface area (Å²) in [6.45, 7) is 3.40. The Hall–Kier alpha value is -0.900. The van der Waals surface area contributed by atoms with Crippen molar-refractivity contribution in [1.82, 2.24) is 0 Å². The van der Waals surface area contributed by atoms with Crippen LogP contribution >= 0.6 is 0 Å². The van der Waals surface area contributed by atoms with Gasteiger partial charge < -0.3 is 5.11 Å². The number of rotatable bonds is 3. The fourth-order valence-electron chi connectivity index (χ4n) is 1.96. The van der Waals surface area contributed by atoms with Gasteiger partial charge in [-0.25, -0.2) is 0 Å². The third kappa shape index (κ3) is 2.06. The first kappa shape index (κ1) is 10.2. The lowest BCUT2D eigenvalue weighted by atomic mass is 9.80. The van der Waals surface area contributed by atoms with E-state index >= 15 is 0 Å². The van der Waals surface area contributed by atoms with Gasteiger partial charge in [-0.15, -0.1) is 0 Å². The Kier molecular flexibility index (Phi) is 3.03. The zero-order valence-electron chi connectivity index (χ0n) is 7.61. The largest absolute Gasteiger partial charge is 0.382 e. The number of aliphatic hydroxyl groups is 1. The lowest BCUT2D eigenvalue weighted by Gasteiger charge is -2.32. The predicted molar refractivity (Wildman–Crippen MR) is 49.0 cm³/mol. The molecule has 0 aromatic carbocycles. The highest BCUT2D eigenvalue weighted by Gasteiger charge is 2.43. The Balaban J connectivity index is 2.74. The summed E-state index contributed by atoms with van der Waals surface area (Å²) in [5.74, 6) is 0. The summed E-state index contributed by atoms with van der Waals surface area (Å²) >= 11 is 0. The van der Waals surface area contributed by atoms with Crippen molar-refractivity contribution < 1.29 is 10.0 Å². The van der Waals surface area contributed by atoms with E-state index < -0.39 is 16.6 Å². The van der Waals surface area contributed by atoms with Gasteiger partial charge in [-0.2, -0.15) is 0 Å². The predicted octanol–water partition coefficient (Wildman–Crippen LogP) is 1.51. The highest BCUT2D eigenvalue weighted by molar-refractivity contribution is 4.98. The maximum absolute atomic E-state index is 10.6. The average molecular weight is 185 g/mol. The second kappa shape index (κ2) is 3.87. The lowest BCUT2D eigenvalue weighted by molar-refractivity contribution is -0.533. The minimum atomic E-state index is -1.15. The zero-order valence-corrected chi connectivity index (χ0v) is 7.61. The van der Waals surface area contributed by atoms with Gasteiger partial charge in [0.1, 0.15) is 5.60 Å². The van der Waals surface area contributed by atoms with Gasteiger partial charge in [-0.3, -0.25) is 10.1 Å². The van der Waals surface area contributed by atoms with Crippen LogP contribution in [0, 0.1) is 10.1 Å². The number of nitrogens with zero attached hydrogens (tertiary/aromatic N) is 1. The molecule has 13 heavy (non-hydrogen) atoms. The minimum absolute atomic E-state index is 0.446. The molecule has 1 atom stereocenters. The van der Waals surface area contributed by atoms with Crippen molar-refractivity contribution in [3.63, 3.8) is 0 Å². The van der Waals surface area contributed by atoms with Crippen molar-refractivity contribution in [3.8, 4) is 0 Å². The van der Waals surface area contributed by atoms with Crippen LogP contribution in [0.25, 0.3) is 0 Å². The molecule has 1 saturated carbocycles. The lowest BCUT2D eigenvalue weighted by Crippen LogP contribution is -2.47. The molecule has 4 nitrogen and oxygen atoms in total. The van der Waals surface area contributed by atoms with Crippen LogP contribution in [0.2, 0.25) is 0 Å². The molecule has 1 aliphatic rings. The molecule has 0 aliphatic heterocycles. The highest BCUT2D eigenvalue weighted by Crippen LogP contribution is 2.32. The van der Waals surface area contributed by atoms with Gasteiger partial charge in [-0.05, 0) is 18.9 Å². The van der Waals surface area contributed by atoms with Crippen LogP contribution in [0.1, 0.15) is 32.1 Å². The second-order valence-electron chi connectivity index (χ2n) is 3.63. The molecule has 0 spiro atoms. The molecule has 1 N–H and O–H groups in total. The van der Waals surface area contributed by atoms with Gasteiger partial charge in [0.2, 0.25) is 0 Å². The molecule has 74 valence electrons. The molecule has 0 unspecified atom stereocenters. The second-order valence-corrected chi connectivity index (χ2v) is 3.63. The SMILES string of the molecule is C=C[C@@H]([N+](=O)[O-])C1(O)CCCCC1. The van der Waals surface area contributed by atoms with Crippen LogP contribution in [0.3, 0.4) is 0 Å². The van der Waals surface area contributed by atoms with E-state index in [1.807, 2.05) is 0 Å². The van der Waals surface area contributed by atoms with Gasteiger partial charge in [0.15, 0.2) is 0 Å². The Morgan fingerprint density at radius 2 is 2.00 bits per heavy atom. The quantitative estimate of drug-likeness (QED) is 0.412. The van der Waals surface area contributed by atoms with Crippen molar-refractivity contribution in [2.45, 2.75) is 43.7 Å². The molecular weight excluding hydrogens is 170 g/mol. The molecule has 0 bridgehead atoms. The van der Waals surface area contributed by atoms with Gasteiger partial charge in [-0.1, -0.05) is 25.8 Å². The van der Waals surface area contributed by atoms with E-state index in [-0.39, 0.29) is 0 Å². The molecule has 0 radical (unpaired) electrons. The first-order valence-corrected chi connectivity index (χ1v) is 4.58. The Bertz CT molecular complexity index is 209. The normalized spacial score (nSPS) is 23.5. The van der Waals surface area contributed by atoms with E-state index in [0.717, 1.165) is 19.3 Å². The van der Waals surface area contributed by atoms with E-state index in [2.05, 4.69) is 6.58 Å². The number of nitro groups is 1. The first-order valence-electron chi connectivity index (χ1n) is 4.58. The number of hydrogen-bond acceptors (Lipinski definition) is 3. The van der Waals surface area contributed by atoms with E-state index in [1.54, 1.807) is 0 Å². The molecule has 1 fully saturated rings. The van der Waals surface area contributed by atoms with Crippen LogP contribution in [-0.2, 0) is 0 Å². The molecular formula is C9H15NO3. The van der Waals surface area contributed by atoms with Crippen molar-refractivity contribution in [2.75, 3.05) is 0 Å². The molecule has 1 rings (SSSR count). The molecule has 0 heterocycles. The van der Waals surface area contributed by atoms with Crippen LogP contribution in [0.15, 0.2) is 12.7 Å². The Morgan fingerprint density at radius 3 is 2.38 bits per heavy atom. The summed E-state index contributed by atoms with van der Waals surface area (Å²) < 4.78 is 0. The zero-order chi connectivity index (χ0) is 9.90. The highest BCUT2D eigenvalue weighted by atomic mass is 16.6. The maximum Gasteiger partial charge on any atom is 0.259 e. The topological polar surface area (TPSA) is 63.4 Å². The van der Waals surface area contributed by atoms with Gasteiger partial charge in [0.25, 0.3) is 6.04 Å². The van der Waals surface area contributed by atoms with Crippen LogP contribution in [0.5, 0.6) is 0 Å². The van der Waals surface area contributed by atoms with Crippen LogP contribution < -0.4 is 0 Å². The molecule has 4 heteroatoms. The van der Waals surface area contributed by atoms with E-state index in [0.29, 0.717) is 12.8 Å². The fourth-order valence-corrected chi connectivity index (χ4v) is 1.96. The maximum atomic E-state index is 10.6. The van der Waals surface area contributed by atoms with E-state index in [4.69, 9.17) is 0 Å². The molecule has 1 aliphatic carbocycles. The van der Waals surface area contributed by atoms with Gasteiger partial charge in [0.05, 0.1) is 0 Å². The Labute approximate surface area is 77.4 Å². The average Bonchev–Trinajstić information content (AvgIpc) is 2.05. The van der Waals surface area contributed by atoms with Crippen molar-refractivity contribution in [3.05, 3.63) is 22.8 Å². The van der Waals surface area contributed by atoms with E-state index in [1.165, 1.54) is 6.08 Å². The first-order chi connectivity index (χ1) is 6.10. The van der Waals surface area contributed by atoms with Crippen molar-refractivity contribution in [2.24, 2.45) is 0 Å². The molecule has 0 aromatic rings. The summed E-state index contributed by atoms with van der Waals surface area (Å²) in [6, 6.07) is -1.01. The smallest absolute Gasteiger partial charge is 0.259 e. The summed E-state index contributed by atoms with van der Waals surface area (Å²) in [6.07, 6.45) is 5.08. The number of hydrogen-bond donors (Lipinski definition) is 1. The van der Waals surface area contributed by atoms with Crippen molar-refractivity contribution in [1.29, 1.82) is 0 Å². The van der Waals surface area contributed by atoms with Gasteiger partial charge in [0, 0.05) is 4.92 Å². The minimum Gasteiger partial charge on any atom is -0.382 e. The fraction of sp³-hybridized carbons (Fsp3) is 0.778. The van der Waals surface area contributed by atoms with Crippen molar-refractivity contribution >= 4 is 0 Å². The van der Waals surface area contributed by atoms with Crippen LogP contribution in [0.4, 0.5) is 0 Å². The molecule has 0 amide bonds. The third-order valence-electron chi connectivity index (χ3n) is 2.72. The van der Waals surface area contributed by atoms with Gasteiger partial charge >= 0.3 is 0 Å². The standard InChI is InChI=1S/C9H15NO3/c1-2-8(10(12)13)9(11)6-4-3-5-7-9/h2,8,11H,1,3-7H2/t8-/m1/s1. The summed E-state index contributed by atoms with van der Waals surface area (Å²) in [4.78, 5) is 10.2. The van der Waals surface area contributed by atoms with E-state index in [9.17, 15) is 15.2 Å². The molecule has 0 saturated heterocycles. The molecule has 0 aromatic heterocycles. The summed E-state index contributed by atoms with van der Waals surface area (Å²) in [5.41, 5.74) is -1.15. The monoisotopic (exact) mass is 185 g/mol. The summed E-state index contributed by atoms with van der Waals surface area (Å²) in [5, 5.41) is 20.6. The summed E-state index contributed by atoms with van der Waals surface area (Å²) in [7, 11) is 0. The Morgan fingerprint density at radius 1 is 1.46 bits per heavy atom.